The van der Waals surface area contributed by atoms with E-state index in [-0.39, 0.29) is 35.2 Å². The van der Waals surface area contributed by atoms with Crippen LogP contribution in [0.15, 0.2) is 54.7 Å². The maximum Gasteiger partial charge on any atom is 0.315 e. The summed E-state index contributed by atoms with van der Waals surface area (Å²) in [6.45, 7) is 2.89. The second kappa shape index (κ2) is 12.0. The first-order valence-electron chi connectivity index (χ1n) is 15.7. The van der Waals surface area contributed by atoms with Gasteiger partial charge in [-0.25, -0.2) is 4.79 Å². The van der Waals surface area contributed by atoms with Gasteiger partial charge in [-0.2, -0.15) is 0 Å². The number of hydrogen-bond donors (Lipinski definition) is 3. The minimum absolute atomic E-state index is 0.0492. The molecule has 9 heteroatoms. The second-order valence-corrected chi connectivity index (χ2v) is 12.9. The third-order valence-electron chi connectivity index (χ3n) is 9.91. The van der Waals surface area contributed by atoms with Crippen LogP contribution in [0.1, 0.15) is 54.7 Å². The molecule has 0 saturated carbocycles. The predicted molar refractivity (Wildman–Crippen MR) is 168 cm³/mol. The van der Waals surface area contributed by atoms with E-state index in [1.165, 1.54) is 5.56 Å². The minimum Gasteiger partial charge on any atom is -0.350 e. The van der Waals surface area contributed by atoms with Gasteiger partial charge in [0, 0.05) is 75.8 Å². The number of hydrogen-bond acceptors (Lipinski definition) is 4. The Labute approximate surface area is 254 Å². The maximum absolute atomic E-state index is 14.2. The van der Waals surface area contributed by atoms with Crippen LogP contribution >= 0.6 is 0 Å². The van der Waals surface area contributed by atoms with Crippen molar-refractivity contribution >= 4 is 28.7 Å². The van der Waals surface area contributed by atoms with E-state index in [2.05, 4.69) is 57.0 Å². The number of nitrogens with one attached hydrogen (secondary N) is 3. The van der Waals surface area contributed by atoms with Crippen molar-refractivity contribution in [3.05, 3.63) is 71.4 Å². The Morgan fingerprint density at radius 3 is 2.56 bits per heavy atom. The molecule has 2 aromatic carbocycles. The van der Waals surface area contributed by atoms with Crippen molar-refractivity contribution in [3.63, 3.8) is 0 Å². The molecular formula is C34H44N6O3. The van der Waals surface area contributed by atoms with Gasteiger partial charge in [0.1, 0.15) is 6.04 Å². The zero-order valence-electron chi connectivity index (χ0n) is 25.6. The number of nitrogens with zero attached hydrogens (tertiary/aromatic N) is 3. The van der Waals surface area contributed by atoms with Crippen LogP contribution in [0.2, 0.25) is 0 Å². The Balaban J connectivity index is 1.20. The van der Waals surface area contributed by atoms with E-state index in [1.807, 2.05) is 44.2 Å². The summed E-state index contributed by atoms with van der Waals surface area (Å²) in [5, 5.41) is 10.6. The number of carbonyl (C=O) groups is 3. The summed E-state index contributed by atoms with van der Waals surface area (Å²) in [7, 11) is 5.65. The van der Waals surface area contributed by atoms with E-state index in [9.17, 15) is 14.4 Å². The van der Waals surface area contributed by atoms with Crippen LogP contribution in [-0.4, -0.2) is 84.6 Å². The number of benzene rings is 2. The Hall–Kier alpha value is -3.85. The molecular weight excluding hydrogens is 540 g/mol. The van der Waals surface area contributed by atoms with Gasteiger partial charge in [0.15, 0.2) is 0 Å². The van der Waals surface area contributed by atoms with Crippen LogP contribution in [0, 0.1) is 0 Å². The predicted octanol–water partition coefficient (Wildman–Crippen LogP) is 3.28. The SMILES string of the molecule is CN(C)C(=O)C1CC2(CCN(C(=O)C(Cc3cn(C)c4ccccc34)NC(=O)NC3CCCNC3)CC2)c2ccccc21. The molecule has 3 aliphatic rings. The molecule has 1 spiro atoms. The molecule has 3 unspecified atom stereocenters. The zero-order chi connectivity index (χ0) is 30.1. The maximum atomic E-state index is 14.2. The molecule has 1 aromatic heterocycles. The third-order valence-corrected chi connectivity index (χ3v) is 9.91. The van der Waals surface area contributed by atoms with Crippen LogP contribution in [-0.2, 0) is 28.5 Å². The molecule has 3 N–H and O–H groups in total. The number of piperidine rings is 2. The van der Waals surface area contributed by atoms with Crippen LogP contribution in [0.5, 0.6) is 0 Å². The van der Waals surface area contributed by atoms with Crippen molar-refractivity contribution in [2.24, 2.45) is 7.05 Å². The van der Waals surface area contributed by atoms with Crippen LogP contribution in [0.3, 0.4) is 0 Å². The van der Waals surface area contributed by atoms with Crippen LogP contribution < -0.4 is 16.0 Å². The summed E-state index contributed by atoms with van der Waals surface area (Å²) >= 11 is 0. The Morgan fingerprint density at radius 2 is 1.81 bits per heavy atom. The average Bonchev–Trinajstić information content (AvgIpc) is 3.51. The first-order chi connectivity index (χ1) is 20.8. The molecule has 3 aromatic rings. The van der Waals surface area contributed by atoms with Crippen LogP contribution in [0.4, 0.5) is 4.79 Å². The lowest BCUT2D eigenvalue weighted by atomic mass is 9.73. The number of aromatic nitrogens is 1. The summed E-state index contributed by atoms with van der Waals surface area (Å²) in [5.41, 5.74) is 4.41. The molecule has 2 saturated heterocycles. The number of urea groups is 1. The van der Waals surface area contributed by atoms with Gasteiger partial charge >= 0.3 is 6.03 Å². The van der Waals surface area contributed by atoms with Gasteiger partial charge in [-0.1, -0.05) is 42.5 Å². The fourth-order valence-electron chi connectivity index (χ4n) is 7.64. The molecule has 9 nitrogen and oxygen atoms in total. The highest BCUT2D eigenvalue weighted by Gasteiger charge is 2.48. The Kier molecular flexibility index (Phi) is 8.18. The molecule has 0 radical (unpaired) electrons. The van der Waals surface area contributed by atoms with Gasteiger partial charge in [-0.3, -0.25) is 9.59 Å². The standard InChI is InChI=1S/C34H44N6O3/c1-38(2)31(41)27-20-34(28-12-6-4-11-26(27)28)14-17-40(18-15-34)32(42)29(37-33(43)36-24-9-8-16-35-21-24)19-23-22-39(3)30-13-7-5-10-25(23)30/h4-7,10-13,22,24,27,29,35H,8-9,14-21H2,1-3H3,(H2,36,37,43). The van der Waals surface area contributed by atoms with Crippen molar-refractivity contribution in [2.75, 3.05) is 40.3 Å². The third kappa shape index (κ3) is 5.75. The van der Waals surface area contributed by atoms with E-state index in [4.69, 9.17) is 0 Å². The molecule has 6 rings (SSSR count). The van der Waals surface area contributed by atoms with E-state index in [0.29, 0.717) is 19.5 Å². The lowest BCUT2D eigenvalue weighted by molar-refractivity contribution is -0.135. The zero-order valence-corrected chi connectivity index (χ0v) is 25.6. The first kappa shape index (κ1) is 29.2. The number of para-hydroxylation sites is 1. The summed E-state index contributed by atoms with van der Waals surface area (Å²) in [5.74, 6) is -0.0551. The van der Waals surface area contributed by atoms with Crippen molar-refractivity contribution in [1.82, 2.24) is 30.3 Å². The summed E-state index contributed by atoms with van der Waals surface area (Å²) < 4.78 is 2.08. The van der Waals surface area contributed by atoms with Gasteiger partial charge in [-0.15, -0.1) is 0 Å². The van der Waals surface area contributed by atoms with Gasteiger partial charge in [0.2, 0.25) is 11.8 Å². The highest BCUT2D eigenvalue weighted by atomic mass is 16.2. The number of likely N-dealkylation sites (N-methyl/N-ethyl adjacent to an activating group) is 1. The minimum atomic E-state index is -0.685. The second-order valence-electron chi connectivity index (χ2n) is 12.9. The fraction of sp³-hybridized carbons (Fsp3) is 0.500. The Morgan fingerprint density at radius 1 is 1.07 bits per heavy atom. The molecule has 3 heterocycles. The molecule has 0 bridgehead atoms. The molecule has 1 aliphatic carbocycles. The Bertz CT molecular complexity index is 1500. The van der Waals surface area contributed by atoms with E-state index < -0.39 is 6.04 Å². The van der Waals surface area contributed by atoms with E-state index in [1.54, 1.807) is 4.90 Å². The number of fused-ring (bicyclic) bond motifs is 3. The van der Waals surface area contributed by atoms with Crippen molar-refractivity contribution in [3.8, 4) is 0 Å². The van der Waals surface area contributed by atoms with Gasteiger partial charge in [-0.05, 0) is 61.4 Å². The molecule has 4 amide bonds. The molecule has 2 aliphatic heterocycles. The summed E-state index contributed by atoms with van der Waals surface area (Å²) in [6, 6.07) is 15.6. The highest BCUT2D eigenvalue weighted by Crippen LogP contribution is 2.52. The summed E-state index contributed by atoms with van der Waals surface area (Å²) in [6.07, 6.45) is 6.81. The fourth-order valence-corrected chi connectivity index (χ4v) is 7.64. The molecule has 3 atom stereocenters. The first-order valence-corrected chi connectivity index (χ1v) is 15.7. The van der Waals surface area contributed by atoms with Gasteiger partial charge in [0.25, 0.3) is 0 Å². The number of aryl methyl sites for hydroxylation is 1. The highest BCUT2D eigenvalue weighted by molar-refractivity contribution is 5.90. The van der Waals surface area contributed by atoms with Gasteiger partial charge in [0.05, 0.1) is 5.92 Å². The average molecular weight is 585 g/mol. The monoisotopic (exact) mass is 584 g/mol. The smallest absolute Gasteiger partial charge is 0.315 e. The van der Waals surface area contributed by atoms with Crippen molar-refractivity contribution in [2.45, 2.75) is 61.9 Å². The lowest BCUT2D eigenvalue weighted by Crippen LogP contribution is -2.57. The summed E-state index contributed by atoms with van der Waals surface area (Å²) in [4.78, 5) is 44.1. The molecule has 228 valence electrons. The van der Waals surface area contributed by atoms with Crippen molar-refractivity contribution in [1.29, 1.82) is 0 Å². The number of carbonyl (C=O) groups excluding carboxylic acids is 3. The number of likely N-dealkylation sites (tertiary alicyclic amines) is 1. The number of amides is 4. The molecule has 43 heavy (non-hydrogen) atoms. The van der Waals surface area contributed by atoms with E-state index in [0.717, 1.165) is 67.2 Å². The van der Waals surface area contributed by atoms with Crippen LogP contribution in [0.25, 0.3) is 10.9 Å². The number of rotatable bonds is 6. The van der Waals surface area contributed by atoms with E-state index >= 15 is 0 Å². The van der Waals surface area contributed by atoms with Crippen molar-refractivity contribution < 1.29 is 14.4 Å². The lowest BCUT2D eigenvalue weighted by Gasteiger charge is -2.41. The largest absolute Gasteiger partial charge is 0.350 e. The van der Waals surface area contributed by atoms with Gasteiger partial charge < -0.3 is 30.3 Å². The topological polar surface area (TPSA) is 98.7 Å². The quantitative estimate of drug-likeness (QED) is 0.414. The molecule has 2 fully saturated rings. The normalized spacial score (nSPS) is 21.8.